The molecule has 0 aromatic rings. The van der Waals surface area contributed by atoms with Crippen LogP contribution in [0, 0.1) is 5.41 Å². The normalized spacial score (nSPS) is 13.8. The van der Waals surface area contributed by atoms with E-state index in [1.165, 1.54) is 19.3 Å². The highest BCUT2D eigenvalue weighted by Crippen LogP contribution is 2.23. The van der Waals surface area contributed by atoms with Crippen molar-refractivity contribution < 1.29 is 0 Å². The summed E-state index contributed by atoms with van der Waals surface area (Å²) in [5.41, 5.74) is 2.03. The number of allylic oxidation sites excluding steroid dienone is 4. The summed E-state index contributed by atoms with van der Waals surface area (Å²) in [5.74, 6) is 0. The van der Waals surface area contributed by atoms with Crippen molar-refractivity contribution in [3.63, 3.8) is 0 Å². The van der Waals surface area contributed by atoms with Crippen molar-refractivity contribution in [3.8, 4) is 0 Å². The number of hydrogen-bond acceptors (Lipinski definition) is 0. The van der Waals surface area contributed by atoms with E-state index in [0.29, 0.717) is 5.41 Å². The first kappa shape index (κ1) is 14.5. The lowest BCUT2D eigenvalue weighted by atomic mass is 9.89. The lowest BCUT2D eigenvalue weighted by Crippen LogP contribution is -2.03. The Labute approximate surface area is 96.5 Å². The molecule has 0 radical (unpaired) electrons. The third-order valence-electron chi connectivity index (χ3n) is 2.50. The summed E-state index contributed by atoms with van der Waals surface area (Å²) < 4.78 is 0. The summed E-state index contributed by atoms with van der Waals surface area (Å²) in [5, 5.41) is 0. The van der Waals surface area contributed by atoms with Gasteiger partial charge < -0.3 is 0 Å². The summed E-state index contributed by atoms with van der Waals surface area (Å²) in [6.45, 7) is 11.4. The maximum absolute atomic E-state index is 2.36. The van der Waals surface area contributed by atoms with Crippen molar-refractivity contribution in [3.05, 3.63) is 23.8 Å². The van der Waals surface area contributed by atoms with E-state index in [1.54, 1.807) is 5.57 Å². The highest BCUT2D eigenvalue weighted by Gasteiger charge is 2.08. The van der Waals surface area contributed by atoms with Crippen LogP contribution in [0.3, 0.4) is 0 Å². The van der Waals surface area contributed by atoms with E-state index in [9.17, 15) is 0 Å². The van der Waals surface area contributed by atoms with Gasteiger partial charge >= 0.3 is 0 Å². The van der Waals surface area contributed by atoms with Gasteiger partial charge in [-0.3, -0.25) is 0 Å². The van der Waals surface area contributed by atoms with Crippen LogP contribution in [0.2, 0.25) is 0 Å². The first-order chi connectivity index (χ1) is 6.95. The molecule has 0 atom stereocenters. The van der Waals surface area contributed by atoms with Gasteiger partial charge in [0, 0.05) is 0 Å². The minimum absolute atomic E-state index is 0.488. The Bertz CT molecular complexity index is 201. The van der Waals surface area contributed by atoms with E-state index in [0.717, 1.165) is 12.8 Å². The minimum Gasteiger partial charge on any atom is -0.0885 e. The Morgan fingerprint density at radius 1 is 1.13 bits per heavy atom. The third kappa shape index (κ3) is 11.4. The Balaban J connectivity index is 3.64. The van der Waals surface area contributed by atoms with E-state index < -0.39 is 0 Å². The molecule has 0 amide bonds. The Morgan fingerprint density at radius 3 is 2.33 bits per heavy atom. The smallest absolute Gasteiger partial charge is 0.0167 e. The fourth-order valence-corrected chi connectivity index (χ4v) is 1.53. The molecule has 0 N–H and O–H groups in total. The predicted octanol–water partition coefficient (Wildman–Crippen LogP) is 5.51. The fraction of sp³-hybridized carbons (Fsp3) is 0.733. The molecule has 0 unspecified atom stereocenters. The summed E-state index contributed by atoms with van der Waals surface area (Å²) in [6, 6.07) is 0. The van der Waals surface area contributed by atoms with Gasteiger partial charge in [0.15, 0.2) is 0 Å². The van der Waals surface area contributed by atoms with Crippen LogP contribution in [-0.2, 0) is 0 Å². The lowest BCUT2D eigenvalue weighted by Gasteiger charge is -2.17. The van der Waals surface area contributed by atoms with Crippen LogP contribution in [0.25, 0.3) is 0 Å². The molecule has 0 heterocycles. The molecule has 0 heteroatoms. The van der Waals surface area contributed by atoms with Crippen LogP contribution in [0.1, 0.15) is 66.7 Å². The van der Waals surface area contributed by atoms with Gasteiger partial charge in [-0.05, 0) is 44.4 Å². The van der Waals surface area contributed by atoms with Crippen LogP contribution in [-0.4, -0.2) is 0 Å². The Hall–Kier alpha value is -0.520. The molecule has 0 saturated heterocycles. The van der Waals surface area contributed by atoms with Crippen LogP contribution < -0.4 is 0 Å². The van der Waals surface area contributed by atoms with Gasteiger partial charge in [-0.2, -0.15) is 0 Å². The Kier molecular flexibility index (Phi) is 7.46. The van der Waals surface area contributed by atoms with Crippen LogP contribution >= 0.6 is 0 Å². The molecule has 0 nitrogen and oxygen atoms in total. The maximum atomic E-state index is 2.36. The minimum atomic E-state index is 0.488. The average Bonchev–Trinajstić information content (AvgIpc) is 2.10. The van der Waals surface area contributed by atoms with Gasteiger partial charge in [-0.25, -0.2) is 0 Å². The van der Waals surface area contributed by atoms with Crippen molar-refractivity contribution >= 4 is 0 Å². The van der Waals surface area contributed by atoms with Crippen LogP contribution in [0.5, 0.6) is 0 Å². The molecule has 0 aromatic carbocycles. The molecule has 0 spiro atoms. The van der Waals surface area contributed by atoms with Gasteiger partial charge in [-0.1, -0.05) is 51.5 Å². The summed E-state index contributed by atoms with van der Waals surface area (Å²) in [7, 11) is 0. The van der Waals surface area contributed by atoms with Crippen LogP contribution in [0.15, 0.2) is 23.8 Å². The first-order valence-corrected chi connectivity index (χ1v) is 6.26. The first-order valence-electron chi connectivity index (χ1n) is 6.26. The van der Waals surface area contributed by atoms with Crippen molar-refractivity contribution in [1.82, 2.24) is 0 Å². The molecule has 0 aromatic heterocycles. The molecule has 88 valence electrons. The topological polar surface area (TPSA) is 0 Å². The maximum Gasteiger partial charge on any atom is -0.0167 e. The zero-order valence-corrected chi connectivity index (χ0v) is 11.3. The molecule has 0 rings (SSSR count). The summed E-state index contributed by atoms with van der Waals surface area (Å²) in [4.78, 5) is 0. The fourth-order valence-electron chi connectivity index (χ4n) is 1.53. The predicted molar refractivity (Wildman–Crippen MR) is 71.1 cm³/mol. The molecule has 0 aliphatic heterocycles. The second kappa shape index (κ2) is 7.73. The van der Waals surface area contributed by atoms with E-state index in [1.807, 2.05) is 0 Å². The molecule has 0 saturated carbocycles. The van der Waals surface area contributed by atoms with Gasteiger partial charge in [0.2, 0.25) is 0 Å². The molecule has 0 aliphatic carbocycles. The second-order valence-electron chi connectivity index (χ2n) is 5.58. The zero-order chi connectivity index (χ0) is 11.7. The van der Waals surface area contributed by atoms with Crippen molar-refractivity contribution in [1.29, 1.82) is 0 Å². The van der Waals surface area contributed by atoms with Gasteiger partial charge in [-0.15, -0.1) is 0 Å². The molecular weight excluding hydrogens is 180 g/mol. The van der Waals surface area contributed by atoms with Crippen molar-refractivity contribution in [2.24, 2.45) is 5.41 Å². The molecule has 0 aliphatic rings. The van der Waals surface area contributed by atoms with E-state index in [-0.39, 0.29) is 0 Å². The number of rotatable bonds is 6. The van der Waals surface area contributed by atoms with Crippen LogP contribution in [0.4, 0.5) is 0 Å². The quantitative estimate of drug-likeness (QED) is 0.505. The zero-order valence-electron chi connectivity index (χ0n) is 11.3. The van der Waals surface area contributed by atoms with Gasteiger partial charge in [0.1, 0.15) is 0 Å². The SMILES string of the molecule is CCC=CCC=C(C)CCCC(C)(C)C. The monoisotopic (exact) mass is 208 g/mol. The average molecular weight is 208 g/mol. The second-order valence-corrected chi connectivity index (χ2v) is 5.58. The largest absolute Gasteiger partial charge is 0.0885 e. The highest BCUT2D eigenvalue weighted by molar-refractivity contribution is 5.02. The lowest BCUT2D eigenvalue weighted by molar-refractivity contribution is 0.365. The van der Waals surface area contributed by atoms with Crippen molar-refractivity contribution in [2.75, 3.05) is 0 Å². The third-order valence-corrected chi connectivity index (χ3v) is 2.50. The number of hydrogen-bond donors (Lipinski definition) is 0. The summed E-state index contributed by atoms with van der Waals surface area (Å²) >= 11 is 0. The highest BCUT2D eigenvalue weighted by atomic mass is 14.1. The molecule has 0 fully saturated rings. The van der Waals surface area contributed by atoms with E-state index in [4.69, 9.17) is 0 Å². The molecule has 0 bridgehead atoms. The molecule has 15 heavy (non-hydrogen) atoms. The summed E-state index contributed by atoms with van der Waals surface area (Å²) in [6.07, 6.45) is 13.0. The molecular formula is C15H28. The van der Waals surface area contributed by atoms with Crippen molar-refractivity contribution in [2.45, 2.75) is 66.7 Å². The van der Waals surface area contributed by atoms with E-state index in [2.05, 4.69) is 52.8 Å². The Morgan fingerprint density at radius 2 is 1.80 bits per heavy atom. The van der Waals surface area contributed by atoms with E-state index >= 15 is 0 Å². The van der Waals surface area contributed by atoms with Gasteiger partial charge in [0.05, 0.1) is 0 Å². The van der Waals surface area contributed by atoms with Gasteiger partial charge in [0.25, 0.3) is 0 Å². The standard InChI is InChI=1S/C15H28/c1-6-7-8-9-11-14(2)12-10-13-15(3,4)5/h7-8,11H,6,9-10,12-13H2,1-5H3.